The van der Waals surface area contributed by atoms with Gasteiger partial charge in [0.2, 0.25) is 5.70 Å². The van der Waals surface area contributed by atoms with Crippen molar-refractivity contribution in [2.24, 2.45) is 0 Å². The quantitative estimate of drug-likeness (QED) is 0.367. The monoisotopic (exact) mass is 101 g/mol. The lowest BCUT2D eigenvalue weighted by atomic mass is 10.5. The van der Waals surface area contributed by atoms with Gasteiger partial charge < -0.3 is 0 Å². The Balaban J connectivity index is 3.82. The van der Waals surface area contributed by atoms with E-state index in [1.54, 1.807) is 6.92 Å². The summed E-state index contributed by atoms with van der Waals surface area (Å²) in [6.07, 6.45) is 1.46. The van der Waals surface area contributed by atoms with Gasteiger partial charge in [-0.2, -0.15) is 0 Å². The van der Waals surface area contributed by atoms with Crippen molar-refractivity contribution < 1.29 is 4.92 Å². The van der Waals surface area contributed by atoms with Crippen LogP contribution in [0, 0.1) is 10.1 Å². The molecule has 0 atom stereocenters. The Bertz CT molecular complexity index is 106. The van der Waals surface area contributed by atoms with E-state index in [0.29, 0.717) is 0 Å². The summed E-state index contributed by atoms with van der Waals surface area (Å²) in [5, 5.41) is 9.67. The van der Waals surface area contributed by atoms with E-state index in [4.69, 9.17) is 0 Å². The molecule has 0 aromatic heterocycles. The average Bonchev–Trinajstić information content (AvgIpc) is 1.65. The summed E-state index contributed by atoms with van der Waals surface area (Å²) in [5.41, 5.74) is 0.194. The molecule has 0 amide bonds. The normalized spacial score (nSPS) is 11.4. The van der Waals surface area contributed by atoms with E-state index in [2.05, 4.69) is 0 Å². The van der Waals surface area contributed by atoms with Gasteiger partial charge in [-0.05, 0) is 13.0 Å². The molecule has 0 aliphatic heterocycles. The lowest BCUT2D eigenvalue weighted by Gasteiger charge is -1.81. The summed E-state index contributed by atoms with van der Waals surface area (Å²) < 4.78 is 0. The third kappa shape index (κ3) is 1.92. The molecule has 0 aliphatic carbocycles. The molecule has 0 spiro atoms. The van der Waals surface area contributed by atoms with Gasteiger partial charge >= 0.3 is 0 Å². The molecule has 0 saturated carbocycles. The predicted octanol–water partition coefficient (Wildman–Crippen LogP) is 1.19. The summed E-state index contributed by atoms with van der Waals surface area (Å²) in [7, 11) is 0. The molecule has 0 aromatic carbocycles. The van der Waals surface area contributed by atoms with Crippen LogP contribution in [-0.4, -0.2) is 4.92 Å². The highest BCUT2D eigenvalue weighted by Gasteiger charge is 1.94. The van der Waals surface area contributed by atoms with Crippen LogP contribution in [0.5, 0.6) is 0 Å². The molecule has 0 saturated heterocycles. The van der Waals surface area contributed by atoms with Crippen LogP contribution in [0.15, 0.2) is 11.8 Å². The molecule has 3 nitrogen and oxygen atoms in total. The Hall–Kier alpha value is -0.860. The van der Waals surface area contributed by atoms with Crippen molar-refractivity contribution in [3.05, 3.63) is 21.9 Å². The Labute approximate surface area is 41.8 Å². The van der Waals surface area contributed by atoms with Gasteiger partial charge in [0, 0.05) is 6.92 Å². The zero-order valence-electron chi connectivity index (χ0n) is 4.34. The number of allylic oxidation sites excluding steroid dienone is 2. The predicted molar refractivity (Wildman–Crippen MR) is 26.4 cm³/mol. The summed E-state index contributed by atoms with van der Waals surface area (Å²) in [6.45, 7) is 3.10. The zero-order chi connectivity index (χ0) is 5.86. The van der Waals surface area contributed by atoms with Crippen LogP contribution < -0.4 is 0 Å². The number of hydrogen-bond acceptors (Lipinski definition) is 2. The Kier molecular flexibility index (Phi) is 2.05. The van der Waals surface area contributed by atoms with Crippen molar-refractivity contribution >= 4 is 0 Å². The molecule has 0 unspecified atom stereocenters. The molecule has 0 aromatic rings. The van der Waals surface area contributed by atoms with Crippen LogP contribution in [0.3, 0.4) is 0 Å². The standard InChI is InChI=1S/C4H7NO2/c1-3-4(2)5(6)7/h3H,1-2H3/b4-3-. The van der Waals surface area contributed by atoms with Gasteiger partial charge in [0.15, 0.2) is 0 Å². The van der Waals surface area contributed by atoms with Crippen LogP contribution in [0.2, 0.25) is 0 Å². The minimum Gasteiger partial charge on any atom is -0.259 e. The molecule has 0 bridgehead atoms. The van der Waals surface area contributed by atoms with Crippen LogP contribution in [0.1, 0.15) is 13.8 Å². The second-order valence-corrected chi connectivity index (χ2v) is 1.19. The first kappa shape index (κ1) is 6.14. The Morgan fingerprint density at radius 3 is 2.29 bits per heavy atom. The highest BCUT2D eigenvalue weighted by Crippen LogP contribution is 1.88. The Morgan fingerprint density at radius 2 is 2.29 bits per heavy atom. The summed E-state index contributed by atoms with van der Waals surface area (Å²) in [6, 6.07) is 0. The third-order valence-electron chi connectivity index (χ3n) is 0.706. The lowest BCUT2D eigenvalue weighted by molar-refractivity contribution is -0.424. The first-order valence-electron chi connectivity index (χ1n) is 1.95. The van der Waals surface area contributed by atoms with Gasteiger partial charge in [-0.1, -0.05) is 0 Å². The first-order chi connectivity index (χ1) is 3.18. The topological polar surface area (TPSA) is 43.1 Å². The van der Waals surface area contributed by atoms with Crippen molar-refractivity contribution in [1.82, 2.24) is 0 Å². The van der Waals surface area contributed by atoms with Crippen LogP contribution >= 0.6 is 0 Å². The number of hydrogen-bond donors (Lipinski definition) is 0. The van der Waals surface area contributed by atoms with Crippen molar-refractivity contribution in [3.63, 3.8) is 0 Å². The molecule has 0 radical (unpaired) electrons. The number of nitrogens with zero attached hydrogens (tertiary/aromatic N) is 1. The minimum atomic E-state index is -0.417. The van der Waals surface area contributed by atoms with Gasteiger partial charge in [-0.25, -0.2) is 0 Å². The van der Waals surface area contributed by atoms with Crippen molar-refractivity contribution in [1.29, 1.82) is 0 Å². The van der Waals surface area contributed by atoms with Crippen LogP contribution in [0.25, 0.3) is 0 Å². The van der Waals surface area contributed by atoms with Crippen LogP contribution in [0.4, 0.5) is 0 Å². The number of rotatable bonds is 1. The summed E-state index contributed by atoms with van der Waals surface area (Å²) in [4.78, 5) is 9.25. The van der Waals surface area contributed by atoms with Crippen molar-refractivity contribution in [3.8, 4) is 0 Å². The molecule has 0 aliphatic rings. The fraction of sp³-hybridized carbons (Fsp3) is 0.500. The maximum atomic E-state index is 9.67. The Morgan fingerprint density at radius 1 is 1.86 bits per heavy atom. The van der Waals surface area contributed by atoms with E-state index < -0.39 is 4.92 Å². The van der Waals surface area contributed by atoms with Gasteiger partial charge in [0.05, 0.1) is 4.92 Å². The van der Waals surface area contributed by atoms with E-state index in [1.807, 2.05) is 0 Å². The molecule has 7 heavy (non-hydrogen) atoms. The van der Waals surface area contributed by atoms with Gasteiger partial charge in [-0.15, -0.1) is 0 Å². The fourth-order valence-corrected chi connectivity index (χ4v) is 0.105. The molecule has 0 fully saturated rings. The SMILES string of the molecule is C/C=C(/C)[N+](=O)[O-]. The fourth-order valence-electron chi connectivity index (χ4n) is 0.105. The second kappa shape index (κ2) is 2.34. The molecule has 3 heteroatoms. The zero-order valence-corrected chi connectivity index (χ0v) is 4.34. The van der Waals surface area contributed by atoms with Crippen LogP contribution in [-0.2, 0) is 0 Å². The summed E-state index contributed by atoms with van der Waals surface area (Å²) in [5.74, 6) is 0. The molecule has 40 valence electrons. The van der Waals surface area contributed by atoms with Crippen molar-refractivity contribution in [2.45, 2.75) is 13.8 Å². The lowest BCUT2D eigenvalue weighted by Crippen LogP contribution is -1.91. The van der Waals surface area contributed by atoms with E-state index in [-0.39, 0.29) is 5.70 Å². The van der Waals surface area contributed by atoms with E-state index >= 15 is 0 Å². The maximum absolute atomic E-state index is 9.67. The molecule has 0 N–H and O–H groups in total. The van der Waals surface area contributed by atoms with E-state index in [9.17, 15) is 10.1 Å². The molecule has 0 heterocycles. The van der Waals surface area contributed by atoms with Gasteiger partial charge in [0.1, 0.15) is 0 Å². The maximum Gasteiger partial charge on any atom is 0.238 e. The molecule has 0 rings (SSSR count). The van der Waals surface area contributed by atoms with E-state index in [0.717, 1.165) is 0 Å². The third-order valence-corrected chi connectivity index (χ3v) is 0.706. The minimum absolute atomic E-state index is 0.194. The first-order valence-corrected chi connectivity index (χ1v) is 1.95. The number of nitro groups is 1. The van der Waals surface area contributed by atoms with E-state index in [1.165, 1.54) is 13.0 Å². The smallest absolute Gasteiger partial charge is 0.238 e. The molecular formula is C4H7NO2. The largest absolute Gasteiger partial charge is 0.259 e. The summed E-state index contributed by atoms with van der Waals surface area (Å²) >= 11 is 0. The van der Waals surface area contributed by atoms with Gasteiger partial charge in [-0.3, -0.25) is 10.1 Å². The highest BCUT2D eigenvalue weighted by atomic mass is 16.6. The van der Waals surface area contributed by atoms with Crippen molar-refractivity contribution in [2.75, 3.05) is 0 Å². The second-order valence-electron chi connectivity index (χ2n) is 1.19. The molecular weight excluding hydrogens is 94.0 g/mol. The highest BCUT2D eigenvalue weighted by molar-refractivity contribution is 4.81. The average molecular weight is 101 g/mol. The van der Waals surface area contributed by atoms with Gasteiger partial charge in [0.25, 0.3) is 0 Å².